The summed E-state index contributed by atoms with van der Waals surface area (Å²) in [7, 11) is 5.03. The number of hydrogen-bond acceptors (Lipinski definition) is 15. The van der Waals surface area contributed by atoms with E-state index in [2.05, 4.69) is 10.2 Å². The van der Waals surface area contributed by atoms with Crippen LogP contribution in [0.15, 0.2) is 0 Å². The molecular formula is C45H84N2O14. The molecule has 3 saturated heterocycles. The molecular weight excluding hydrogens is 792 g/mol. The van der Waals surface area contributed by atoms with E-state index in [1.54, 1.807) is 55.5 Å². The molecule has 0 unspecified atom stereocenters. The first-order valence-electron chi connectivity index (χ1n) is 22.7. The summed E-state index contributed by atoms with van der Waals surface area (Å²) < 4.78 is 44.5. The normalized spacial score (nSPS) is 44.7. The molecule has 3 heterocycles. The molecule has 0 aromatic heterocycles. The van der Waals surface area contributed by atoms with Crippen LogP contribution in [0.3, 0.4) is 0 Å². The molecule has 3 rings (SSSR count). The second kappa shape index (κ2) is 22.6. The van der Waals surface area contributed by atoms with Crippen LogP contribution in [0.1, 0.15) is 128 Å². The van der Waals surface area contributed by atoms with Gasteiger partial charge in [0.25, 0.3) is 0 Å². The van der Waals surface area contributed by atoms with Crippen LogP contribution in [0.5, 0.6) is 0 Å². The zero-order valence-corrected chi connectivity index (χ0v) is 39.8. The Morgan fingerprint density at radius 2 is 1.57 bits per heavy atom. The van der Waals surface area contributed by atoms with E-state index in [-0.39, 0.29) is 50.0 Å². The van der Waals surface area contributed by atoms with E-state index in [0.717, 1.165) is 0 Å². The second-order valence-corrected chi connectivity index (χ2v) is 19.5. The summed E-state index contributed by atoms with van der Waals surface area (Å²) in [6.45, 7) is 21.6. The zero-order valence-electron chi connectivity index (χ0n) is 39.8. The van der Waals surface area contributed by atoms with Crippen molar-refractivity contribution in [1.82, 2.24) is 10.2 Å². The first-order valence-corrected chi connectivity index (χ1v) is 22.7. The Hall–Kier alpha value is -1.54. The number of carbonyl (C=O) groups excluding carboxylic acids is 2. The number of unbranched alkanes of at least 4 members (excludes halogenated alkanes) is 1. The Labute approximate surface area is 365 Å². The topological polar surface area (TPSA) is 215 Å². The van der Waals surface area contributed by atoms with Crippen molar-refractivity contribution >= 4 is 11.9 Å². The number of methoxy groups -OCH3 is 1. The van der Waals surface area contributed by atoms with Gasteiger partial charge in [0.05, 0.1) is 53.7 Å². The average molecular weight is 877 g/mol. The van der Waals surface area contributed by atoms with Crippen molar-refractivity contribution in [2.75, 3.05) is 27.8 Å². The molecule has 3 fully saturated rings. The molecule has 0 spiro atoms. The predicted molar refractivity (Wildman–Crippen MR) is 228 cm³/mol. The quantitative estimate of drug-likeness (QED) is 0.109. The maximum Gasteiger partial charge on any atom is 0.311 e. The third-order valence-corrected chi connectivity index (χ3v) is 14.1. The number of aliphatic hydroxyl groups is 5. The van der Waals surface area contributed by atoms with Gasteiger partial charge in [-0.1, -0.05) is 27.7 Å². The first-order chi connectivity index (χ1) is 28.3. The number of amides is 1. The Morgan fingerprint density at radius 3 is 2.15 bits per heavy atom. The van der Waals surface area contributed by atoms with Crippen molar-refractivity contribution in [3.05, 3.63) is 0 Å². The van der Waals surface area contributed by atoms with Crippen LogP contribution >= 0.6 is 0 Å². The number of hydrogen-bond donors (Lipinski definition) is 6. The van der Waals surface area contributed by atoms with Crippen molar-refractivity contribution in [2.45, 2.75) is 224 Å². The zero-order chi connectivity index (χ0) is 46.4. The van der Waals surface area contributed by atoms with Crippen LogP contribution in [0, 0.1) is 23.7 Å². The summed E-state index contributed by atoms with van der Waals surface area (Å²) in [5, 5.41) is 62.5. The summed E-state index contributed by atoms with van der Waals surface area (Å²) >= 11 is 0. The molecule has 0 aliphatic carbocycles. The summed E-state index contributed by atoms with van der Waals surface area (Å²) in [5.74, 6) is -3.90. The highest BCUT2D eigenvalue weighted by molar-refractivity contribution is 5.75. The summed E-state index contributed by atoms with van der Waals surface area (Å²) in [5.41, 5.74) is -4.71. The Morgan fingerprint density at radius 1 is 0.934 bits per heavy atom. The highest BCUT2D eigenvalue weighted by atomic mass is 16.7. The van der Waals surface area contributed by atoms with E-state index < -0.39 is 108 Å². The number of esters is 1. The Kier molecular flexibility index (Phi) is 19.9. The average Bonchev–Trinajstić information content (AvgIpc) is 3.19. The second-order valence-electron chi connectivity index (χ2n) is 19.5. The fourth-order valence-electron chi connectivity index (χ4n) is 9.90. The molecule has 6 N–H and O–H groups in total. The molecule has 19 atom stereocenters. The Balaban J connectivity index is 2.20. The highest BCUT2D eigenvalue weighted by Gasteiger charge is 2.54. The van der Waals surface area contributed by atoms with E-state index in [1.807, 2.05) is 34.7 Å². The predicted octanol–water partition coefficient (Wildman–Crippen LogP) is 3.30. The molecule has 16 nitrogen and oxygen atoms in total. The van der Waals surface area contributed by atoms with Crippen LogP contribution in [-0.2, 0) is 42.7 Å². The number of likely N-dealkylation sites (N-methyl/N-ethyl adjacent to an activating group) is 1. The van der Waals surface area contributed by atoms with E-state index in [9.17, 15) is 35.1 Å². The minimum Gasteiger partial charge on any atom is -0.459 e. The van der Waals surface area contributed by atoms with Crippen LogP contribution < -0.4 is 5.32 Å². The SMILES string of the molecule is CC[C@H]1OC(=O)[C@H](C)[C@@H](O[C@H]2C[C@@](C)(OC)[C@@H](O)[C@H](C)O2)[C@H](C)[C@@H](O[C@@H]2O[C@H](C)C[C@H](N(C)C(C)C)[C@H]2O)[C@](C)(O)C[C@@H](C)[C@H](OCCCCC(=O)NC)[C@H](C)[C@@H](O)[C@]1(C)O. The molecule has 0 aromatic carbocycles. The van der Waals surface area contributed by atoms with E-state index >= 15 is 0 Å². The van der Waals surface area contributed by atoms with Gasteiger partial charge in [0.2, 0.25) is 5.91 Å². The summed E-state index contributed by atoms with van der Waals surface area (Å²) in [4.78, 5) is 28.4. The number of nitrogens with zero attached hydrogens (tertiary/aromatic N) is 1. The third kappa shape index (κ3) is 13.1. The van der Waals surface area contributed by atoms with Gasteiger partial charge in [0.15, 0.2) is 12.6 Å². The number of cyclic esters (lactones) is 1. The van der Waals surface area contributed by atoms with Crippen LogP contribution in [0.25, 0.3) is 0 Å². The van der Waals surface area contributed by atoms with E-state index in [1.165, 1.54) is 14.0 Å². The van der Waals surface area contributed by atoms with Crippen molar-refractivity contribution in [2.24, 2.45) is 23.7 Å². The number of ether oxygens (including phenoxy) is 7. The molecule has 16 heteroatoms. The smallest absolute Gasteiger partial charge is 0.311 e. The Bertz CT molecular complexity index is 1370. The molecule has 61 heavy (non-hydrogen) atoms. The number of nitrogens with one attached hydrogen (secondary N) is 1. The molecule has 3 aliphatic rings. The number of rotatable bonds is 14. The van der Waals surface area contributed by atoms with Gasteiger partial charge in [-0.05, 0) is 100 Å². The van der Waals surface area contributed by atoms with Gasteiger partial charge < -0.3 is 64.0 Å². The maximum absolute atomic E-state index is 14.4. The lowest BCUT2D eigenvalue weighted by molar-refractivity contribution is -0.319. The van der Waals surface area contributed by atoms with E-state index in [4.69, 9.17) is 33.2 Å². The van der Waals surface area contributed by atoms with Gasteiger partial charge in [-0.2, -0.15) is 0 Å². The minimum absolute atomic E-state index is 0.0471. The molecule has 1 amide bonds. The largest absolute Gasteiger partial charge is 0.459 e. The molecule has 0 radical (unpaired) electrons. The fraction of sp³-hybridized carbons (Fsp3) is 0.956. The third-order valence-electron chi connectivity index (χ3n) is 14.1. The lowest BCUT2D eigenvalue weighted by Gasteiger charge is -2.50. The van der Waals surface area contributed by atoms with E-state index in [0.29, 0.717) is 25.7 Å². The van der Waals surface area contributed by atoms with Crippen molar-refractivity contribution in [1.29, 1.82) is 0 Å². The van der Waals surface area contributed by atoms with Crippen molar-refractivity contribution < 1.29 is 68.3 Å². The first kappa shape index (κ1) is 53.8. The van der Waals surface area contributed by atoms with Gasteiger partial charge in [-0.15, -0.1) is 0 Å². The van der Waals surface area contributed by atoms with Crippen LogP contribution in [0.2, 0.25) is 0 Å². The van der Waals surface area contributed by atoms with Gasteiger partial charge in [0.1, 0.15) is 23.9 Å². The van der Waals surface area contributed by atoms with Gasteiger partial charge in [-0.3, -0.25) is 14.5 Å². The standard InChI is InChI=1S/C45H84N2O14/c1-16-32-45(12,54)38(50)27(6)36(56-20-18-17-19-33(48)46-13)25(4)22-43(10,53)40(61-42-35(49)31(21-26(5)57-42)47(14)24(2)3)28(7)37(29(8)41(52)59-32)60-34-23-44(11,55-15)39(51)30(9)58-34/h24-32,34-40,42,49-51,53-54H,16-23H2,1-15H3,(H,46,48)/t25-,26-,27+,28+,29-,30+,31+,32-,34+,35-,36+,37+,38-,39+,40-,42+,43-,44-,45-/m1/s1. The van der Waals surface area contributed by atoms with Gasteiger partial charge in [0, 0.05) is 57.5 Å². The maximum atomic E-state index is 14.4. The molecule has 0 aromatic rings. The van der Waals surface area contributed by atoms with Crippen LogP contribution in [0.4, 0.5) is 0 Å². The van der Waals surface area contributed by atoms with Crippen molar-refractivity contribution in [3.8, 4) is 0 Å². The van der Waals surface area contributed by atoms with Crippen molar-refractivity contribution in [3.63, 3.8) is 0 Å². The van der Waals surface area contributed by atoms with Crippen LogP contribution in [-0.4, -0.2) is 167 Å². The molecule has 3 aliphatic heterocycles. The summed E-state index contributed by atoms with van der Waals surface area (Å²) in [6.07, 6.45) is -8.54. The van der Waals surface area contributed by atoms with Gasteiger partial charge in [-0.25, -0.2) is 0 Å². The number of carbonyl (C=O) groups is 2. The molecule has 0 saturated carbocycles. The molecule has 358 valence electrons. The summed E-state index contributed by atoms with van der Waals surface area (Å²) in [6, 6.07) is -0.225. The monoisotopic (exact) mass is 877 g/mol. The fourth-order valence-corrected chi connectivity index (χ4v) is 9.90. The minimum atomic E-state index is -1.92. The lowest BCUT2D eigenvalue weighted by Crippen LogP contribution is -2.62. The van der Waals surface area contributed by atoms with Gasteiger partial charge >= 0.3 is 5.97 Å². The molecule has 0 bridgehead atoms. The highest BCUT2D eigenvalue weighted by Crippen LogP contribution is 2.42. The number of aliphatic hydroxyl groups excluding tert-OH is 3. The lowest BCUT2D eigenvalue weighted by atomic mass is 9.73.